The maximum atomic E-state index is 2.43. The predicted molar refractivity (Wildman–Crippen MR) is 230 cm³/mol. The summed E-state index contributed by atoms with van der Waals surface area (Å²) in [4.78, 5) is 2.41. The van der Waals surface area contributed by atoms with Crippen LogP contribution in [0, 0.1) is 0 Å². The average molecular weight is 690 g/mol. The zero-order valence-corrected chi connectivity index (χ0v) is 30.5. The molecule has 0 amide bonds. The van der Waals surface area contributed by atoms with Gasteiger partial charge in [-0.2, -0.15) is 0 Å². The highest BCUT2D eigenvalue weighted by molar-refractivity contribution is 6.06. The number of rotatable bonds is 6. The number of fused-ring (bicyclic) bond motifs is 5. The molecule has 1 heteroatoms. The van der Waals surface area contributed by atoms with E-state index in [2.05, 4.69) is 219 Å². The van der Waals surface area contributed by atoms with Gasteiger partial charge in [-0.15, -0.1) is 0 Å². The molecule has 0 bridgehead atoms. The Bertz CT molecular complexity index is 2810. The molecule has 0 radical (unpaired) electrons. The standard InChI is InChI=1S/C53H39N/c1-53(2)50-34-42-18-10-9-17-41(42)33-49(50)48-32-31-45(35-51(48)53)54(43-27-23-37(24-28-43)36-13-5-3-6-14-36)44-29-25-39(26-30-44)47-22-12-20-40-19-11-21-46(52(40)47)38-15-7-4-8-16-38/h3-35H,1-2H3. The molecule has 0 saturated carbocycles. The highest BCUT2D eigenvalue weighted by atomic mass is 15.1. The Hall–Kier alpha value is -6.70. The maximum Gasteiger partial charge on any atom is 0.0465 e. The lowest BCUT2D eigenvalue weighted by Crippen LogP contribution is -2.16. The minimum Gasteiger partial charge on any atom is -0.310 e. The Labute approximate surface area is 317 Å². The van der Waals surface area contributed by atoms with Crippen molar-refractivity contribution >= 4 is 38.6 Å². The van der Waals surface area contributed by atoms with Crippen LogP contribution in [0.5, 0.6) is 0 Å². The molecule has 0 atom stereocenters. The molecule has 1 nitrogen and oxygen atoms in total. The summed E-state index contributed by atoms with van der Waals surface area (Å²) in [7, 11) is 0. The first-order valence-electron chi connectivity index (χ1n) is 18.8. The first-order chi connectivity index (χ1) is 26.5. The third kappa shape index (κ3) is 5.32. The summed E-state index contributed by atoms with van der Waals surface area (Å²) in [6.07, 6.45) is 0. The summed E-state index contributed by atoms with van der Waals surface area (Å²) in [5.41, 5.74) is 16.0. The molecule has 0 saturated heterocycles. The van der Waals surface area contributed by atoms with Crippen molar-refractivity contribution in [1.29, 1.82) is 0 Å². The normalized spacial score (nSPS) is 12.8. The molecule has 9 aromatic carbocycles. The van der Waals surface area contributed by atoms with Gasteiger partial charge in [0.15, 0.2) is 0 Å². The smallest absolute Gasteiger partial charge is 0.0465 e. The van der Waals surface area contributed by atoms with Crippen LogP contribution in [-0.2, 0) is 5.41 Å². The molecular weight excluding hydrogens is 651 g/mol. The second-order valence-electron chi connectivity index (χ2n) is 15.0. The topological polar surface area (TPSA) is 3.24 Å². The van der Waals surface area contributed by atoms with Crippen LogP contribution in [0.15, 0.2) is 200 Å². The molecule has 54 heavy (non-hydrogen) atoms. The summed E-state index contributed by atoms with van der Waals surface area (Å²) in [5.74, 6) is 0. The van der Waals surface area contributed by atoms with E-state index in [1.807, 2.05) is 0 Å². The Balaban J connectivity index is 1.10. The van der Waals surface area contributed by atoms with Crippen LogP contribution in [0.2, 0.25) is 0 Å². The van der Waals surface area contributed by atoms with Crippen molar-refractivity contribution in [2.45, 2.75) is 19.3 Å². The Morgan fingerprint density at radius 1 is 0.315 bits per heavy atom. The lowest BCUT2D eigenvalue weighted by Gasteiger charge is -2.28. The van der Waals surface area contributed by atoms with E-state index >= 15 is 0 Å². The van der Waals surface area contributed by atoms with E-state index < -0.39 is 0 Å². The molecule has 10 rings (SSSR count). The first kappa shape index (κ1) is 32.0. The highest BCUT2D eigenvalue weighted by Gasteiger charge is 2.36. The molecule has 0 heterocycles. The van der Waals surface area contributed by atoms with Gasteiger partial charge in [0, 0.05) is 22.5 Å². The van der Waals surface area contributed by atoms with Crippen LogP contribution >= 0.6 is 0 Å². The van der Waals surface area contributed by atoms with Gasteiger partial charge in [-0.3, -0.25) is 0 Å². The van der Waals surface area contributed by atoms with E-state index in [0.29, 0.717) is 0 Å². The SMILES string of the molecule is CC1(C)c2cc(N(c3ccc(-c4ccccc4)cc3)c3ccc(-c4cccc5cccc(-c6ccccc6)c45)cc3)ccc2-c2cc3ccccc3cc21. The van der Waals surface area contributed by atoms with Gasteiger partial charge in [0.1, 0.15) is 0 Å². The van der Waals surface area contributed by atoms with Crippen molar-refractivity contribution in [3.63, 3.8) is 0 Å². The quantitative estimate of drug-likeness (QED) is 0.168. The summed E-state index contributed by atoms with van der Waals surface area (Å²) in [6, 6.07) is 73.3. The van der Waals surface area contributed by atoms with Crippen LogP contribution in [-0.4, -0.2) is 0 Å². The Morgan fingerprint density at radius 3 is 1.41 bits per heavy atom. The number of nitrogens with zero attached hydrogens (tertiary/aromatic N) is 1. The minimum atomic E-state index is -0.137. The van der Waals surface area contributed by atoms with Crippen molar-refractivity contribution in [1.82, 2.24) is 0 Å². The molecule has 0 unspecified atom stereocenters. The monoisotopic (exact) mass is 689 g/mol. The summed E-state index contributed by atoms with van der Waals surface area (Å²) in [6.45, 7) is 4.75. The van der Waals surface area contributed by atoms with Gasteiger partial charge >= 0.3 is 0 Å². The Morgan fingerprint density at radius 2 is 0.778 bits per heavy atom. The van der Waals surface area contributed by atoms with Crippen molar-refractivity contribution in [2.24, 2.45) is 0 Å². The van der Waals surface area contributed by atoms with E-state index in [1.54, 1.807) is 0 Å². The third-order valence-electron chi connectivity index (χ3n) is 11.4. The van der Waals surface area contributed by atoms with Crippen LogP contribution in [0.1, 0.15) is 25.0 Å². The Kier molecular flexibility index (Phi) is 7.56. The van der Waals surface area contributed by atoms with Gasteiger partial charge in [-0.25, -0.2) is 0 Å². The van der Waals surface area contributed by atoms with Crippen LogP contribution in [0.4, 0.5) is 17.1 Å². The summed E-state index contributed by atoms with van der Waals surface area (Å²) < 4.78 is 0. The second kappa shape index (κ2) is 12.8. The number of anilines is 3. The fourth-order valence-electron chi connectivity index (χ4n) is 8.66. The molecule has 0 aliphatic heterocycles. The van der Waals surface area contributed by atoms with Crippen molar-refractivity contribution < 1.29 is 0 Å². The molecule has 1 aliphatic rings. The highest BCUT2D eigenvalue weighted by Crippen LogP contribution is 2.52. The fraction of sp³-hybridized carbons (Fsp3) is 0.0566. The number of benzene rings is 9. The largest absolute Gasteiger partial charge is 0.310 e. The molecule has 9 aromatic rings. The molecule has 0 fully saturated rings. The predicted octanol–water partition coefficient (Wildman–Crippen LogP) is 14.8. The average Bonchev–Trinajstić information content (AvgIpc) is 3.45. The van der Waals surface area contributed by atoms with Crippen LogP contribution < -0.4 is 4.90 Å². The summed E-state index contributed by atoms with van der Waals surface area (Å²) >= 11 is 0. The van der Waals surface area contributed by atoms with Gasteiger partial charge < -0.3 is 4.90 Å². The molecule has 1 aliphatic carbocycles. The van der Waals surface area contributed by atoms with Crippen molar-refractivity contribution in [2.75, 3.05) is 4.90 Å². The fourth-order valence-corrected chi connectivity index (χ4v) is 8.66. The van der Waals surface area contributed by atoms with E-state index in [9.17, 15) is 0 Å². The molecule has 0 spiro atoms. The van der Waals surface area contributed by atoms with Gasteiger partial charge in [0.25, 0.3) is 0 Å². The van der Waals surface area contributed by atoms with E-state index in [-0.39, 0.29) is 5.41 Å². The zero-order chi connectivity index (χ0) is 36.2. The zero-order valence-electron chi connectivity index (χ0n) is 30.5. The molecule has 0 N–H and O–H groups in total. The van der Waals surface area contributed by atoms with Gasteiger partial charge in [-0.05, 0) is 126 Å². The number of hydrogen-bond donors (Lipinski definition) is 0. The number of hydrogen-bond acceptors (Lipinski definition) is 1. The third-order valence-corrected chi connectivity index (χ3v) is 11.4. The lowest BCUT2D eigenvalue weighted by atomic mass is 9.81. The maximum absolute atomic E-state index is 2.43. The van der Waals surface area contributed by atoms with Crippen LogP contribution in [0.25, 0.3) is 66.1 Å². The first-order valence-corrected chi connectivity index (χ1v) is 18.8. The molecular formula is C53H39N. The van der Waals surface area contributed by atoms with Gasteiger partial charge in [-0.1, -0.05) is 166 Å². The lowest BCUT2D eigenvalue weighted by molar-refractivity contribution is 0.661. The van der Waals surface area contributed by atoms with Crippen LogP contribution in [0.3, 0.4) is 0 Å². The second-order valence-corrected chi connectivity index (χ2v) is 15.0. The van der Waals surface area contributed by atoms with Gasteiger partial charge in [0.05, 0.1) is 0 Å². The summed E-state index contributed by atoms with van der Waals surface area (Å²) in [5, 5.41) is 5.10. The van der Waals surface area contributed by atoms with E-state index in [4.69, 9.17) is 0 Å². The minimum absolute atomic E-state index is 0.137. The van der Waals surface area contributed by atoms with Gasteiger partial charge in [0.2, 0.25) is 0 Å². The van der Waals surface area contributed by atoms with E-state index in [0.717, 1.165) is 17.1 Å². The van der Waals surface area contributed by atoms with Crippen molar-refractivity contribution in [3.8, 4) is 44.5 Å². The molecule has 0 aromatic heterocycles. The van der Waals surface area contributed by atoms with E-state index in [1.165, 1.54) is 77.2 Å². The van der Waals surface area contributed by atoms with Crippen molar-refractivity contribution in [3.05, 3.63) is 211 Å². The molecule has 256 valence electrons.